The summed E-state index contributed by atoms with van der Waals surface area (Å²) in [5, 5.41) is 5.16. The first-order chi connectivity index (χ1) is 13.2. The molecule has 1 aromatic heterocycles. The Morgan fingerprint density at radius 2 is 2.15 bits per heavy atom. The molecular weight excluding hydrogens is 386 g/mol. The minimum atomic E-state index is -0.428. The Hall–Kier alpha value is -2.26. The number of thioether (sulfide) groups is 1. The van der Waals surface area contributed by atoms with E-state index >= 15 is 0 Å². The van der Waals surface area contributed by atoms with E-state index in [4.69, 9.17) is 9.47 Å². The number of anilines is 1. The molecule has 2 aliphatic rings. The highest BCUT2D eigenvalue weighted by Gasteiger charge is 2.34. The number of nitrogens with zero attached hydrogens (tertiary/aromatic N) is 2. The van der Waals surface area contributed by atoms with Gasteiger partial charge >= 0.3 is 0 Å². The number of amides is 2. The van der Waals surface area contributed by atoms with Crippen LogP contribution in [0.5, 0.6) is 11.5 Å². The highest BCUT2D eigenvalue weighted by Crippen LogP contribution is 2.34. The van der Waals surface area contributed by atoms with Crippen molar-refractivity contribution in [2.75, 3.05) is 30.8 Å². The third-order valence-corrected chi connectivity index (χ3v) is 6.08. The number of rotatable bonds is 5. The molecule has 0 saturated carbocycles. The molecule has 1 aromatic carbocycles. The largest absolute Gasteiger partial charge is 0.486 e. The van der Waals surface area contributed by atoms with Crippen molar-refractivity contribution in [2.24, 2.45) is 0 Å². The topological polar surface area (TPSA) is 80.8 Å². The maximum atomic E-state index is 12.7. The molecule has 1 unspecified atom stereocenters. The Morgan fingerprint density at radius 3 is 2.96 bits per heavy atom. The van der Waals surface area contributed by atoms with E-state index in [9.17, 15) is 9.59 Å². The lowest BCUT2D eigenvalue weighted by atomic mass is 10.2. The molecule has 3 heterocycles. The summed E-state index contributed by atoms with van der Waals surface area (Å²) in [7, 11) is 0. The quantitative estimate of drug-likeness (QED) is 0.771. The number of ether oxygens (including phenoxy) is 2. The number of fused-ring (bicyclic) bond motifs is 1. The maximum Gasteiger partial charge on any atom is 0.248 e. The number of thiazole rings is 1. The van der Waals surface area contributed by atoms with Gasteiger partial charge in [-0.15, -0.1) is 23.1 Å². The van der Waals surface area contributed by atoms with Gasteiger partial charge in [0.2, 0.25) is 11.8 Å². The maximum absolute atomic E-state index is 12.7. The monoisotopic (exact) mass is 405 g/mol. The second kappa shape index (κ2) is 8.18. The number of aromatic nitrogens is 1. The lowest BCUT2D eigenvalue weighted by Crippen LogP contribution is -2.43. The average molecular weight is 406 g/mol. The van der Waals surface area contributed by atoms with Crippen LogP contribution in [0, 0.1) is 0 Å². The molecular formula is C18H19N3O4S2. The van der Waals surface area contributed by atoms with Crippen molar-refractivity contribution in [2.45, 2.75) is 23.8 Å². The Labute approximate surface area is 165 Å². The Morgan fingerprint density at radius 1 is 1.30 bits per heavy atom. The van der Waals surface area contributed by atoms with Crippen molar-refractivity contribution in [3.05, 3.63) is 29.8 Å². The first-order valence-electron chi connectivity index (χ1n) is 8.73. The van der Waals surface area contributed by atoms with E-state index in [1.54, 1.807) is 16.5 Å². The van der Waals surface area contributed by atoms with Gasteiger partial charge in [0.05, 0.1) is 5.75 Å². The molecule has 1 saturated heterocycles. The smallest absolute Gasteiger partial charge is 0.248 e. The molecule has 2 amide bonds. The Kier molecular flexibility index (Phi) is 5.49. The van der Waals surface area contributed by atoms with E-state index in [0.29, 0.717) is 37.1 Å². The minimum absolute atomic E-state index is 0.0355. The summed E-state index contributed by atoms with van der Waals surface area (Å²) < 4.78 is 11.1. The van der Waals surface area contributed by atoms with Gasteiger partial charge in [0.25, 0.3) is 0 Å². The van der Waals surface area contributed by atoms with E-state index < -0.39 is 6.04 Å². The molecule has 9 heteroatoms. The summed E-state index contributed by atoms with van der Waals surface area (Å²) in [4.78, 5) is 31.8. The highest BCUT2D eigenvalue weighted by molar-refractivity contribution is 8.00. The van der Waals surface area contributed by atoms with Gasteiger partial charge in [0.15, 0.2) is 16.6 Å². The zero-order chi connectivity index (χ0) is 18.6. The molecule has 2 aliphatic heterocycles. The van der Waals surface area contributed by atoms with Gasteiger partial charge < -0.3 is 19.7 Å². The summed E-state index contributed by atoms with van der Waals surface area (Å²) in [5.74, 6) is 1.52. The van der Waals surface area contributed by atoms with E-state index in [1.165, 1.54) is 23.1 Å². The number of likely N-dealkylation sites (tertiary alicyclic amines) is 1. The molecule has 2 aromatic rings. The van der Waals surface area contributed by atoms with E-state index in [1.807, 2.05) is 18.2 Å². The second-order valence-electron chi connectivity index (χ2n) is 6.17. The molecule has 142 valence electrons. The molecule has 1 N–H and O–H groups in total. The Bertz CT molecular complexity index is 828. The predicted molar refractivity (Wildman–Crippen MR) is 104 cm³/mol. The van der Waals surface area contributed by atoms with Gasteiger partial charge in [0.1, 0.15) is 19.3 Å². The van der Waals surface area contributed by atoms with Crippen LogP contribution in [-0.2, 0) is 9.59 Å². The minimum Gasteiger partial charge on any atom is -0.486 e. The number of carbonyl (C=O) groups is 2. The Balaban J connectivity index is 1.35. The van der Waals surface area contributed by atoms with Crippen LogP contribution >= 0.6 is 23.1 Å². The van der Waals surface area contributed by atoms with E-state index in [-0.39, 0.29) is 17.6 Å². The molecule has 1 atom stereocenters. The van der Waals surface area contributed by atoms with Crippen molar-refractivity contribution in [1.82, 2.24) is 9.88 Å². The molecule has 4 rings (SSSR count). The number of hydrogen-bond donors (Lipinski definition) is 1. The molecule has 0 aliphatic carbocycles. The van der Waals surface area contributed by atoms with E-state index in [0.717, 1.165) is 17.1 Å². The van der Waals surface area contributed by atoms with Gasteiger partial charge in [-0.05, 0) is 31.0 Å². The van der Waals surface area contributed by atoms with Crippen LogP contribution in [0.3, 0.4) is 0 Å². The van der Waals surface area contributed by atoms with Crippen LogP contribution in [0.2, 0.25) is 0 Å². The van der Waals surface area contributed by atoms with Gasteiger partial charge in [-0.2, -0.15) is 0 Å². The number of nitrogens with one attached hydrogen (secondary N) is 1. The van der Waals surface area contributed by atoms with Crippen molar-refractivity contribution >= 4 is 40.0 Å². The molecule has 0 radical (unpaired) electrons. The molecule has 0 bridgehead atoms. The number of carbonyl (C=O) groups excluding carboxylic acids is 2. The highest BCUT2D eigenvalue weighted by atomic mass is 32.2. The molecule has 1 fully saturated rings. The number of benzene rings is 1. The van der Waals surface area contributed by atoms with Crippen molar-refractivity contribution < 1.29 is 19.1 Å². The molecule has 7 nitrogen and oxygen atoms in total. The molecule has 27 heavy (non-hydrogen) atoms. The fourth-order valence-corrected chi connectivity index (χ4v) is 4.50. The average Bonchev–Trinajstić information content (AvgIpc) is 3.37. The van der Waals surface area contributed by atoms with Crippen LogP contribution in [0.15, 0.2) is 34.7 Å². The summed E-state index contributed by atoms with van der Waals surface area (Å²) in [6.45, 7) is 1.69. The lowest BCUT2D eigenvalue weighted by molar-refractivity contribution is -0.134. The summed E-state index contributed by atoms with van der Waals surface area (Å²) in [6.07, 6.45) is 3.15. The third-order valence-electron chi connectivity index (χ3n) is 4.41. The normalized spacial score (nSPS) is 18.4. The van der Waals surface area contributed by atoms with Crippen molar-refractivity contribution in [3.8, 4) is 11.5 Å². The van der Waals surface area contributed by atoms with Gasteiger partial charge in [0, 0.05) is 23.0 Å². The summed E-state index contributed by atoms with van der Waals surface area (Å²) >= 11 is 2.80. The fraction of sp³-hybridized carbons (Fsp3) is 0.389. The van der Waals surface area contributed by atoms with Gasteiger partial charge in [-0.3, -0.25) is 9.59 Å². The molecule has 0 spiro atoms. The SMILES string of the molecule is O=C(Nc1nccs1)C1CCCN1C(=O)CSc1ccc2c(c1)OCCO2. The van der Waals surface area contributed by atoms with Crippen LogP contribution in [0.25, 0.3) is 0 Å². The van der Waals surface area contributed by atoms with Gasteiger partial charge in [-0.1, -0.05) is 0 Å². The summed E-state index contributed by atoms with van der Waals surface area (Å²) in [5.41, 5.74) is 0. The first-order valence-corrected chi connectivity index (χ1v) is 10.6. The predicted octanol–water partition coefficient (Wildman–Crippen LogP) is 2.64. The van der Waals surface area contributed by atoms with Crippen LogP contribution in [0.1, 0.15) is 12.8 Å². The fourth-order valence-electron chi connectivity index (χ4n) is 3.15. The van der Waals surface area contributed by atoms with E-state index in [2.05, 4.69) is 10.3 Å². The lowest BCUT2D eigenvalue weighted by Gasteiger charge is -2.23. The van der Waals surface area contributed by atoms with Crippen molar-refractivity contribution in [1.29, 1.82) is 0 Å². The van der Waals surface area contributed by atoms with Crippen LogP contribution < -0.4 is 14.8 Å². The van der Waals surface area contributed by atoms with Crippen LogP contribution in [-0.4, -0.2) is 53.3 Å². The first kappa shape index (κ1) is 18.1. The summed E-state index contributed by atoms with van der Waals surface area (Å²) in [6, 6.07) is 5.24. The third kappa shape index (κ3) is 4.19. The van der Waals surface area contributed by atoms with Gasteiger partial charge in [-0.25, -0.2) is 4.98 Å². The van der Waals surface area contributed by atoms with Crippen LogP contribution in [0.4, 0.5) is 5.13 Å². The zero-order valence-corrected chi connectivity index (χ0v) is 16.2. The number of hydrogen-bond acceptors (Lipinski definition) is 7. The zero-order valence-electron chi connectivity index (χ0n) is 14.6. The second-order valence-corrected chi connectivity index (χ2v) is 8.11. The van der Waals surface area contributed by atoms with Crippen molar-refractivity contribution in [3.63, 3.8) is 0 Å². The standard InChI is InChI=1S/C18H19N3O4S2/c22-16(11-27-12-3-4-14-15(10-12)25-8-7-24-14)21-6-1-2-13(21)17(23)20-18-19-5-9-26-18/h3-5,9-10,13H,1-2,6-8,11H2,(H,19,20,23).